The third-order valence-electron chi connectivity index (χ3n) is 6.83. The van der Waals surface area contributed by atoms with Crippen LogP contribution in [0.4, 0.5) is 17.1 Å². The summed E-state index contributed by atoms with van der Waals surface area (Å²) in [7, 11) is 0. The molecule has 3 aromatic rings. The zero-order chi connectivity index (χ0) is 28.1. The summed E-state index contributed by atoms with van der Waals surface area (Å²) in [6.07, 6.45) is 2.50. The van der Waals surface area contributed by atoms with Crippen LogP contribution < -0.4 is 10.6 Å². The molecule has 1 unspecified atom stereocenters. The van der Waals surface area contributed by atoms with Gasteiger partial charge in [0.05, 0.1) is 28.7 Å². The number of unbranched alkanes of at least 4 members (excludes halogenated alkanes) is 1. The summed E-state index contributed by atoms with van der Waals surface area (Å²) in [4.78, 5) is 46.0. The molecule has 3 aromatic carbocycles. The predicted molar refractivity (Wildman–Crippen MR) is 156 cm³/mol. The molecule has 2 aliphatic rings. The molecule has 5 rings (SSSR count). The Morgan fingerprint density at radius 3 is 2.65 bits per heavy atom. The van der Waals surface area contributed by atoms with E-state index in [1.165, 1.54) is 0 Å². The number of carbonyl (C=O) groups excluding carboxylic acids is 2. The first kappa shape index (κ1) is 27.1. The molecule has 9 heteroatoms. The van der Waals surface area contributed by atoms with Gasteiger partial charge in [-0.2, -0.15) is 0 Å². The van der Waals surface area contributed by atoms with Gasteiger partial charge in [-0.05, 0) is 79.1 Å². The average molecular weight is 555 g/mol. The van der Waals surface area contributed by atoms with Gasteiger partial charge >= 0.3 is 5.97 Å². The van der Waals surface area contributed by atoms with E-state index in [-0.39, 0.29) is 24.3 Å². The Morgan fingerprint density at radius 1 is 1.05 bits per heavy atom. The van der Waals surface area contributed by atoms with Crippen LogP contribution >= 0.6 is 11.6 Å². The summed E-state index contributed by atoms with van der Waals surface area (Å²) >= 11 is 6.09. The highest BCUT2D eigenvalue weighted by molar-refractivity contribution is 6.34. The highest BCUT2D eigenvalue weighted by Gasteiger charge is 2.24. The van der Waals surface area contributed by atoms with E-state index in [1.54, 1.807) is 30.3 Å². The Labute approximate surface area is 236 Å². The number of fused-ring (bicyclic) bond motifs is 2. The topological polar surface area (TPSA) is 120 Å². The largest absolute Gasteiger partial charge is 0.481 e. The number of allylic oxidation sites excluding steroid dienone is 1. The van der Waals surface area contributed by atoms with Crippen molar-refractivity contribution in [1.29, 1.82) is 0 Å². The molecule has 0 bridgehead atoms. The molecule has 0 aromatic heterocycles. The van der Waals surface area contributed by atoms with E-state index < -0.39 is 5.97 Å². The van der Waals surface area contributed by atoms with E-state index >= 15 is 0 Å². The standard InChI is InChI=1S/C31H27ClN4O4/c32-21-12-9-19(10-13-21)23-18-33-27-14-11-20(17-28(27)34-25(23)7-3-4-8-30(38)39)31(40)36-26-15-16-29(37)35-24-6-2-1-5-22(24)26/h1-2,5-6,9-14,17,26H,3-4,7-8,15-16H2,(H,35,37)(H,36,40)(H,38,39). The second-order valence-electron chi connectivity index (χ2n) is 9.67. The number of carboxylic acid groups (broad SMARTS) is 1. The maximum absolute atomic E-state index is 13.4. The van der Waals surface area contributed by atoms with Crippen LogP contribution in [0.5, 0.6) is 0 Å². The molecule has 0 aliphatic carbocycles. The summed E-state index contributed by atoms with van der Waals surface area (Å²) in [6.45, 7) is 0. The van der Waals surface area contributed by atoms with E-state index in [2.05, 4.69) is 21.5 Å². The SMILES string of the molecule is O=C(O)CCCCC1=Nc2cc(C(=O)NC3CCC(=O)Nc4ccccc43)ccc2N=C=C1c1ccc(Cl)cc1. The van der Waals surface area contributed by atoms with Gasteiger partial charge < -0.3 is 15.7 Å². The van der Waals surface area contributed by atoms with Gasteiger partial charge in [-0.3, -0.25) is 14.4 Å². The summed E-state index contributed by atoms with van der Waals surface area (Å²) in [5.74, 6) is 1.92. The van der Waals surface area contributed by atoms with Gasteiger partial charge in [0.2, 0.25) is 5.91 Å². The number of para-hydroxylation sites is 1. The summed E-state index contributed by atoms with van der Waals surface area (Å²) in [5.41, 5.74) is 5.30. The molecule has 3 N–H and O–H groups in total. The van der Waals surface area contributed by atoms with Crippen LogP contribution in [-0.2, 0) is 9.59 Å². The zero-order valence-electron chi connectivity index (χ0n) is 21.6. The van der Waals surface area contributed by atoms with E-state index in [1.807, 2.05) is 36.4 Å². The molecule has 0 radical (unpaired) electrons. The fraction of sp³-hybridized carbons (Fsp3) is 0.226. The van der Waals surface area contributed by atoms with Crippen molar-refractivity contribution in [3.8, 4) is 0 Å². The molecule has 8 nitrogen and oxygen atoms in total. The van der Waals surface area contributed by atoms with Crippen molar-refractivity contribution in [3.05, 3.63) is 88.4 Å². The van der Waals surface area contributed by atoms with Crippen LogP contribution in [0.15, 0.2) is 76.7 Å². The predicted octanol–water partition coefficient (Wildman–Crippen LogP) is 6.66. The fourth-order valence-corrected chi connectivity index (χ4v) is 4.90. The number of aliphatic carboxylic acids is 1. The van der Waals surface area contributed by atoms with Crippen molar-refractivity contribution in [2.24, 2.45) is 9.98 Å². The number of amides is 2. The zero-order valence-corrected chi connectivity index (χ0v) is 22.4. The van der Waals surface area contributed by atoms with Gasteiger partial charge in [0.25, 0.3) is 5.91 Å². The molecule has 2 heterocycles. The summed E-state index contributed by atoms with van der Waals surface area (Å²) < 4.78 is 0. The van der Waals surface area contributed by atoms with E-state index in [0.717, 1.165) is 11.1 Å². The third-order valence-corrected chi connectivity index (χ3v) is 7.08. The number of rotatable bonds is 8. The number of benzene rings is 3. The number of nitrogens with zero attached hydrogens (tertiary/aromatic N) is 2. The Bertz CT molecular complexity index is 1570. The Balaban J connectivity index is 1.43. The molecule has 1 atom stereocenters. The van der Waals surface area contributed by atoms with Gasteiger partial charge in [-0.1, -0.05) is 41.9 Å². The second kappa shape index (κ2) is 12.1. The normalized spacial score (nSPS) is 15.9. The molecule has 2 amide bonds. The quantitative estimate of drug-likeness (QED) is 0.270. The van der Waals surface area contributed by atoms with Crippen molar-refractivity contribution in [1.82, 2.24) is 5.32 Å². The van der Waals surface area contributed by atoms with Crippen LogP contribution in [0.1, 0.15) is 66.1 Å². The molecule has 0 spiro atoms. The van der Waals surface area contributed by atoms with E-state index in [0.29, 0.717) is 71.0 Å². The molecule has 0 fully saturated rings. The maximum atomic E-state index is 13.4. The first-order valence-corrected chi connectivity index (χ1v) is 13.5. The lowest BCUT2D eigenvalue weighted by Gasteiger charge is -2.19. The van der Waals surface area contributed by atoms with Crippen LogP contribution in [-0.4, -0.2) is 34.5 Å². The summed E-state index contributed by atoms with van der Waals surface area (Å²) in [5, 5.41) is 15.6. The lowest BCUT2D eigenvalue weighted by Crippen LogP contribution is -2.28. The van der Waals surface area contributed by atoms with Crippen molar-refractivity contribution < 1.29 is 19.5 Å². The monoisotopic (exact) mass is 554 g/mol. The van der Waals surface area contributed by atoms with Gasteiger partial charge in [0, 0.05) is 29.1 Å². The van der Waals surface area contributed by atoms with Gasteiger partial charge in [-0.25, -0.2) is 9.98 Å². The van der Waals surface area contributed by atoms with Crippen LogP contribution in [0.25, 0.3) is 5.57 Å². The number of anilines is 1. The average Bonchev–Trinajstić information content (AvgIpc) is 3.22. The van der Waals surface area contributed by atoms with Gasteiger partial charge in [0.1, 0.15) is 0 Å². The van der Waals surface area contributed by atoms with Gasteiger partial charge in [0.15, 0.2) is 0 Å². The van der Waals surface area contributed by atoms with Crippen molar-refractivity contribution in [2.75, 3.05) is 5.32 Å². The van der Waals surface area contributed by atoms with E-state index in [9.17, 15) is 14.4 Å². The maximum Gasteiger partial charge on any atom is 0.303 e. The first-order chi connectivity index (χ1) is 19.4. The number of carbonyl (C=O) groups is 3. The first-order valence-electron chi connectivity index (χ1n) is 13.1. The number of aliphatic imine (C=N–C) groups is 2. The van der Waals surface area contributed by atoms with Gasteiger partial charge in [-0.15, -0.1) is 0 Å². The minimum Gasteiger partial charge on any atom is -0.481 e. The number of hydrogen-bond donors (Lipinski definition) is 3. The van der Waals surface area contributed by atoms with Crippen LogP contribution in [0.3, 0.4) is 0 Å². The Hall–Kier alpha value is -4.52. The second-order valence-corrected chi connectivity index (χ2v) is 10.1. The number of nitrogens with one attached hydrogen (secondary N) is 2. The van der Waals surface area contributed by atoms with Crippen molar-refractivity contribution in [3.63, 3.8) is 0 Å². The lowest BCUT2D eigenvalue weighted by molar-refractivity contribution is -0.137. The van der Waals surface area contributed by atoms with Crippen molar-refractivity contribution in [2.45, 2.75) is 44.6 Å². The van der Waals surface area contributed by atoms with Crippen molar-refractivity contribution >= 4 is 63.6 Å². The summed E-state index contributed by atoms with van der Waals surface area (Å²) in [6, 6.07) is 19.6. The molecular weight excluding hydrogens is 528 g/mol. The number of hydrogen-bond acceptors (Lipinski definition) is 5. The molecule has 0 saturated carbocycles. The third kappa shape index (κ3) is 6.37. The molecule has 202 valence electrons. The lowest BCUT2D eigenvalue weighted by atomic mass is 9.98. The molecule has 40 heavy (non-hydrogen) atoms. The number of halogens is 1. The molecule has 2 aliphatic heterocycles. The highest BCUT2D eigenvalue weighted by atomic mass is 35.5. The fourth-order valence-electron chi connectivity index (χ4n) is 4.78. The smallest absolute Gasteiger partial charge is 0.303 e. The molecular formula is C31H27ClN4O4. The van der Waals surface area contributed by atoms with Crippen LogP contribution in [0.2, 0.25) is 5.02 Å². The number of carboxylic acids is 1. The minimum absolute atomic E-state index is 0.0771. The minimum atomic E-state index is -0.838. The Kier molecular flexibility index (Phi) is 8.20. The Morgan fingerprint density at radius 2 is 1.85 bits per heavy atom. The highest BCUT2D eigenvalue weighted by Crippen LogP contribution is 2.35. The van der Waals surface area contributed by atoms with E-state index in [4.69, 9.17) is 21.7 Å². The van der Waals surface area contributed by atoms with Crippen LogP contribution in [0, 0.1) is 0 Å². The molecule has 0 saturated heterocycles.